The number of anilines is 1. The quantitative estimate of drug-likeness (QED) is 0.516. The third kappa shape index (κ3) is 3.28. The van der Waals surface area contributed by atoms with E-state index in [0.717, 1.165) is 17.0 Å². The molecular formula is C19H16F2N4O5. The van der Waals surface area contributed by atoms with E-state index >= 15 is 0 Å². The lowest BCUT2D eigenvalue weighted by Crippen LogP contribution is -2.39. The first-order valence-corrected chi connectivity index (χ1v) is 8.81. The number of amides is 2. The molecule has 2 aromatic rings. The minimum absolute atomic E-state index is 0.0315. The number of hydrogen-bond acceptors (Lipinski definition) is 7. The van der Waals surface area contributed by atoms with Crippen LogP contribution in [0.3, 0.4) is 0 Å². The fourth-order valence-electron chi connectivity index (χ4n) is 3.37. The van der Waals surface area contributed by atoms with E-state index in [0.29, 0.717) is 35.1 Å². The van der Waals surface area contributed by atoms with Crippen LogP contribution < -0.4 is 15.5 Å². The Hall–Kier alpha value is -3.73. The van der Waals surface area contributed by atoms with Crippen LogP contribution in [0.5, 0.6) is 5.88 Å². The number of cyclic esters (lactones) is 1. The third-order valence-corrected chi connectivity index (χ3v) is 4.82. The Kier molecular flexibility index (Phi) is 4.96. The molecule has 0 radical (unpaired) electrons. The lowest BCUT2D eigenvalue weighted by Gasteiger charge is -2.35. The number of ether oxygens (including phenoxy) is 2. The first-order chi connectivity index (χ1) is 14.4. The van der Waals surface area contributed by atoms with Crippen LogP contribution in [0.15, 0.2) is 29.8 Å². The number of nitrogens with one attached hydrogen (secondary N) is 2. The molecule has 1 aromatic heterocycles. The summed E-state index contributed by atoms with van der Waals surface area (Å²) in [6.45, 7) is -0.113. The van der Waals surface area contributed by atoms with Gasteiger partial charge in [-0.3, -0.25) is 14.9 Å². The molecule has 30 heavy (non-hydrogen) atoms. The number of nitrogens with zero attached hydrogens (tertiary/aromatic N) is 2. The van der Waals surface area contributed by atoms with Gasteiger partial charge in [0, 0.05) is 34.9 Å². The second-order valence-electron chi connectivity index (χ2n) is 6.56. The molecule has 2 amide bonds. The van der Waals surface area contributed by atoms with E-state index < -0.39 is 41.3 Å². The highest BCUT2D eigenvalue weighted by Crippen LogP contribution is 2.37. The van der Waals surface area contributed by atoms with Crippen molar-refractivity contribution in [3.63, 3.8) is 0 Å². The Labute approximate surface area is 168 Å². The molecule has 0 bridgehead atoms. The molecule has 2 aliphatic heterocycles. The fraction of sp³-hybridized carbons (Fsp3) is 0.211. The number of hydrogen-bond donors (Lipinski definition) is 3. The van der Waals surface area contributed by atoms with Crippen molar-refractivity contribution in [3.05, 3.63) is 58.2 Å². The van der Waals surface area contributed by atoms with Gasteiger partial charge in [0.15, 0.2) is 0 Å². The first kappa shape index (κ1) is 19.6. The molecule has 0 unspecified atom stereocenters. The Morgan fingerprint density at radius 2 is 2.10 bits per heavy atom. The maximum atomic E-state index is 14.6. The Bertz CT molecular complexity index is 1070. The van der Waals surface area contributed by atoms with Crippen molar-refractivity contribution in [2.24, 2.45) is 0 Å². The average molecular weight is 418 g/mol. The average Bonchev–Trinajstić information content (AvgIpc) is 2.75. The van der Waals surface area contributed by atoms with Gasteiger partial charge in [0.05, 0.1) is 19.4 Å². The summed E-state index contributed by atoms with van der Waals surface area (Å²) in [7, 11) is 1.47. The Balaban J connectivity index is 1.75. The van der Waals surface area contributed by atoms with E-state index in [1.54, 1.807) is 12.1 Å². The molecule has 9 nitrogen and oxygen atoms in total. The van der Waals surface area contributed by atoms with Crippen molar-refractivity contribution in [1.82, 2.24) is 15.4 Å². The van der Waals surface area contributed by atoms with Gasteiger partial charge in [-0.15, -0.1) is 0 Å². The number of aromatic nitrogens is 1. The van der Waals surface area contributed by atoms with Crippen LogP contribution in [0.25, 0.3) is 5.70 Å². The van der Waals surface area contributed by atoms with Crippen LogP contribution in [0, 0.1) is 11.6 Å². The molecule has 3 heterocycles. The van der Waals surface area contributed by atoms with Crippen LogP contribution in [-0.2, 0) is 11.3 Å². The first-order valence-electron chi connectivity index (χ1n) is 8.81. The number of methoxy groups -OCH3 is 1. The van der Waals surface area contributed by atoms with Crippen molar-refractivity contribution >= 4 is 23.5 Å². The molecule has 0 aliphatic carbocycles. The summed E-state index contributed by atoms with van der Waals surface area (Å²) in [5.41, 5.74) is 2.20. The summed E-state index contributed by atoms with van der Waals surface area (Å²) in [6, 6.07) is 4.85. The number of carbonyl (C=O) groups is 2. The molecule has 3 N–H and O–H groups in total. The lowest BCUT2D eigenvalue weighted by atomic mass is 10.0. The maximum Gasteiger partial charge on any atom is 0.414 e. The standard InChI is InChI=1S/C19H16F2N4O5/c1-29-15-3-2-11-16-10(6-22-17(11)23-15)8-30-19(27)25(16)7-12-13(20)4-9(5-14(12)21)18(26)24-28/h2-5,28H,6-8H2,1H3,(H,22,23)(H,24,26). The summed E-state index contributed by atoms with van der Waals surface area (Å²) in [4.78, 5) is 29.4. The molecule has 0 fully saturated rings. The van der Waals surface area contributed by atoms with E-state index in [-0.39, 0.29) is 6.61 Å². The molecule has 0 saturated carbocycles. The number of carbonyl (C=O) groups excluding carboxylic acids is 2. The zero-order valence-corrected chi connectivity index (χ0v) is 15.7. The van der Waals surface area contributed by atoms with Gasteiger partial charge >= 0.3 is 6.09 Å². The van der Waals surface area contributed by atoms with Crippen LogP contribution in [0.4, 0.5) is 19.4 Å². The Morgan fingerprint density at radius 1 is 1.37 bits per heavy atom. The number of benzene rings is 1. The third-order valence-electron chi connectivity index (χ3n) is 4.82. The summed E-state index contributed by atoms with van der Waals surface area (Å²) >= 11 is 0. The lowest BCUT2D eigenvalue weighted by molar-refractivity contribution is 0.0705. The molecule has 0 saturated heterocycles. The van der Waals surface area contributed by atoms with Gasteiger partial charge < -0.3 is 14.8 Å². The van der Waals surface area contributed by atoms with Gasteiger partial charge in [-0.2, -0.15) is 4.98 Å². The molecule has 0 atom stereocenters. The predicted octanol–water partition coefficient (Wildman–Crippen LogP) is 2.28. The molecule has 1 aromatic carbocycles. The van der Waals surface area contributed by atoms with E-state index in [2.05, 4.69) is 10.3 Å². The SMILES string of the molecule is COc1ccc2c(n1)NCC1=C2N(Cc2c(F)cc(C(=O)NO)cc2F)C(=O)OC1. The van der Waals surface area contributed by atoms with E-state index in [1.165, 1.54) is 12.6 Å². The van der Waals surface area contributed by atoms with Crippen LogP contribution >= 0.6 is 0 Å². The highest BCUT2D eigenvalue weighted by atomic mass is 19.1. The second-order valence-corrected chi connectivity index (χ2v) is 6.56. The predicted molar refractivity (Wildman–Crippen MR) is 98.7 cm³/mol. The molecule has 11 heteroatoms. The Morgan fingerprint density at radius 3 is 2.77 bits per heavy atom. The van der Waals surface area contributed by atoms with Gasteiger partial charge in [0.1, 0.15) is 24.1 Å². The molecule has 4 rings (SSSR count). The zero-order valence-electron chi connectivity index (χ0n) is 15.7. The molecular weight excluding hydrogens is 402 g/mol. The van der Waals surface area contributed by atoms with Crippen molar-refractivity contribution in [1.29, 1.82) is 0 Å². The highest BCUT2D eigenvalue weighted by molar-refractivity contribution is 5.93. The molecule has 0 spiro atoms. The molecule has 156 valence electrons. The van der Waals surface area contributed by atoms with E-state index in [4.69, 9.17) is 14.7 Å². The fourth-order valence-corrected chi connectivity index (χ4v) is 3.37. The van der Waals surface area contributed by atoms with Crippen molar-refractivity contribution in [2.45, 2.75) is 6.54 Å². The van der Waals surface area contributed by atoms with Crippen molar-refractivity contribution in [2.75, 3.05) is 25.6 Å². The summed E-state index contributed by atoms with van der Waals surface area (Å²) in [5.74, 6) is -2.32. The number of pyridine rings is 1. The van der Waals surface area contributed by atoms with Crippen LogP contribution in [0.1, 0.15) is 21.5 Å². The van der Waals surface area contributed by atoms with Gasteiger partial charge in [-0.25, -0.2) is 19.1 Å². The van der Waals surface area contributed by atoms with Gasteiger partial charge in [0.25, 0.3) is 5.91 Å². The topological polar surface area (TPSA) is 113 Å². The van der Waals surface area contributed by atoms with Crippen LogP contribution in [-0.4, -0.2) is 47.4 Å². The smallest absolute Gasteiger partial charge is 0.414 e. The summed E-state index contributed by atoms with van der Waals surface area (Å²) in [6.07, 6.45) is -0.770. The van der Waals surface area contributed by atoms with Crippen molar-refractivity contribution < 1.29 is 33.1 Å². The van der Waals surface area contributed by atoms with Crippen molar-refractivity contribution in [3.8, 4) is 5.88 Å². The number of rotatable bonds is 4. The maximum absolute atomic E-state index is 14.6. The van der Waals surface area contributed by atoms with Gasteiger partial charge in [-0.1, -0.05) is 0 Å². The second kappa shape index (κ2) is 7.59. The van der Waals surface area contributed by atoms with Gasteiger partial charge in [0.2, 0.25) is 5.88 Å². The highest BCUT2D eigenvalue weighted by Gasteiger charge is 2.34. The van der Waals surface area contributed by atoms with Gasteiger partial charge in [-0.05, 0) is 18.2 Å². The van der Waals surface area contributed by atoms with Crippen LogP contribution in [0.2, 0.25) is 0 Å². The minimum atomic E-state index is -1.06. The number of halogens is 2. The summed E-state index contributed by atoms with van der Waals surface area (Å²) < 4.78 is 39.4. The number of fused-ring (bicyclic) bond motifs is 2. The monoisotopic (exact) mass is 418 g/mol. The minimum Gasteiger partial charge on any atom is -0.481 e. The largest absolute Gasteiger partial charge is 0.481 e. The summed E-state index contributed by atoms with van der Waals surface area (Å²) in [5, 5.41) is 11.8. The normalized spacial score (nSPS) is 15.1. The van der Waals surface area contributed by atoms with E-state index in [9.17, 15) is 18.4 Å². The van der Waals surface area contributed by atoms with E-state index in [1.807, 2.05) is 0 Å². The number of hydroxylamine groups is 1. The zero-order chi connectivity index (χ0) is 21.4. The molecule has 2 aliphatic rings.